The van der Waals surface area contributed by atoms with Crippen molar-refractivity contribution in [2.24, 2.45) is 0 Å². The molecule has 0 radical (unpaired) electrons. The maximum absolute atomic E-state index is 10.7. The van der Waals surface area contributed by atoms with Gasteiger partial charge in [-0.3, -0.25) is 5.48 Å². The van der Waals surface area contributed by atoms with E-state index in [1.54, 1.807) is 0 Å². The molecule has 1 aliphatic heterocycles. The number of hydrogen-bond donors (Lipinski definition) is 5. The molecule has 1 fully saturated rings. The summed E-state index contributed by atoms with van der Waals surface area (Å²) in [6, 6.07) is 5.72. The summed E-state index contributed by atoms with van der Waals surface area (Å²) in [7, 11) is 0. The minimum atomic E-state index is -1.41. The summed E-state index contributed by atoms with van der Waals surface area (Å²) in [5.41, 5.74) is 3.07. The molecule has 1 aromatic carbocycles. The van der Waals surface area contributed by atoms with Crippen molar-refractivity contribution in [3.05, 3.63) is 29.8 Å². The Bertz CT molecular complexity index is 492. The standard InChI is InChI=1S/C13H17NO7/c1-6-9(15)10(16)11(17)13(20-6)21-14-8-4-2-7(3-5-8)12(18)19/h2-6,9-11,13-17H,1H3,(H,18,19)/t6-,9-,10+,11+,13?/m1/s1. The van der Waals surface area contributed by atoms with Crippen LogP contribution in [0.3, 0.4) is 0 Å². The number of carboxylic acids is 1. The van der Waals surface area contributed by atoms with Crippen LogP contribution in [0.15, 0.2) is 24.3 Å². The number of anilines is 1. The molecule has 1 unspecified atom stereocenters. The van der Waals surface area contributed by atoms with Crippen LogP contribution in [0.25, 0.3) is 0 Å². The molecule has 1 aromatic rings. The van der Waals surface area contributed by atoms with Gasteiger partial charge in [-0.15, -0.1) is 0 Å². The van der Waals surface area contributed by atoms with Gasteiger partial charge in [0.05, 0.1) is 17.4 Å². The van der Waals surface area contributed by atoms with Crippen molar-refractivity contribution < 1.29 is 34.8 Å². The summed E-state index contributed by atoms with van der Waals surface area (Å²) in [6.07, 6.45) is -5.87. The Morgan fingerprint density at radius 2 is 1.76 bits per heavy atom. The van der Waals surface area contributed by atoms with E-state index in [-0.39, 0.29) is 5.56 Å². The highest BCUT2D eigenvalue weighted by atomic mass is 16.8. The van der Waals surface area contributed by atoms with Crippen LogP contribution in [-0.4, -0.2) is 57.1 Å². The smallest absolute Gasteiger partial charge is 0.335 e. The molecule has 116 valence electrons. The van der Waals surface area contributed by atoms with Crippen LogP contribution in [-0.2, 0) is 9.57 Å². The summed E-state index contributed by atoms with van der Waals surface area (Å²) in [5.74, 6) is -1.04. The van der Waals surface area contributed by atoms with Gasteiger partial charge in [0.25, 0.3) is 0 Å². The Balaban J connectivity index is 1.94. The zero-order valence-electron chi connectivity index (χ0n) is 11.2. The van der Waals surface area contributed by atoms with Crippen molar-refractivity contribution in [1.82, 2.24) is 0 Å². The van der Waals surface area contributed by atoms with E-state index >= 15 is 0 Å². The molecular formula is C13H17NO7. The number of aliphatic hydroxyl groups excluding tert-OH is 3. The lowest BCUT2D eigenvalue weighted by atomic mass is 10.0. The van der Waals surface area contributed by atoms with Crippen molar-refractivity contribution in [3.63, 3.8) is 0 Å². The first-order valence-electron chi connectivity index (χ1n) is 6.35. The third-order valence-corrected chi connectivity index (χ3v) is 3.23. The third-order valence-electron chi connectivity index (χ3n) is 3.23. The van der Waals surface area contributed by atoms with E-state index in [0.29, 0.717) is 5.69 Å². The molecule has 21 heavy (non-hydrogen) atoms. The maximum atomic E-state index is 10.7. The predicted molar refractivity (Wildman–Crippen MR) is 70.5 cm³/mol. The number of ether oxygens (including phenoxy) is 1. The van der Waals surface area contributed by atoms with E-state index in [1.165, 1.54) is 31.2 Å². The number of carbonyl (C=O) groups is 1. The lowest BCUT2D eigenvalue weighted by Gasteiger charge is -2.38. The van der Waals surface area contributed by atoms with Gasteiger partial charge >= 0.3 is 5.97 Å². The molecular weight excluding hydrogens is 282 g/mol. The molecule has 0 aliphatic carbocycles. The first kappa shape index (κ1) is 15.7. The Morgan fingerprint density at radius 1 is 1.14 bits per heavy atom. The van der Waals surface area contributed by atoms with Gasteiger partial charge in [0.2, 0.25) is 6.29 Å². The lowest BCUT2D eigenvalue weighted by molar-refractivity contribution is -0.286. The first-order valence-corrected chi connectivity index (χ1v) is 6.35. The number of benzene rings is 1. The van der Waals surface area contributed by atoms with E-state index in [4.69, 9.17) is 14.7 Å². The average Bonchev–Trinajstić information content (AvgIpc) is 2.48. The molecule has 0 spiro atoms. The minimum Gasteiger partial charge on any atom is -0.478 e. The van der Waals surface area contributed by atoms with Crippen LogP contribution in [0.4, 0.5) is 5.69 Å². The minimum absolute atomic E-state index is 0.127. The van der Waals surface area contributed by atoms with Crippen molar-refractivity contribution in [2.75, 3.05) is 5.48 Å². The molecule has 1 aliphatic rings. The van der Waals surface area contributed by atoms with E-state index in [2.05, 4.69) is 5.48 Å². The Hall–Kier alpha value is -1.71. The number of carboxylic acid groups (broad SMARTS) is 1. The predicted octanol–water partition coefficient (Wildman–Crippen LogP) is -0.444. The molecule has 0 amide bonds. The van der Waals surface area contributed by atoms with Crippen molar-refractivity contribution in [3.8, 4) is 0 Å². The summed E-state index contributed by atoms with van der Waals surface area (Å²) in [6.45, 7) is 1.54. The SMILES string of the molecule is C[C@H]1OC(ONc2ccc(C(=O)O)cc2)[C@@H](O)[C@@H](O)[C@@H]1O. The lowest BCUT2D eigenvalue weighted by Crippen LogP contribution is -2.57. The largest absolute Gasteiger partial charge is 0.478 e. The number of rotatable bonds is 4. The molecule has 8 nitrogen and oxygen atoms in total. The van der Waals surface area contributed by atoms with E-state index < -0.39 is 36.7 Å². The van der Waals surface area contributed by atoms with Crippen LogP contribution in [0.1, 0.15) is 17.3 Å². The second-order valence-corrected chi connectivity index (χ2v) is 4.78. The fourth-order valence-corrected chi connectivity index (χ4v) is 1.92. The molecule has 0 aromatic heterocycles. The molecule has 1 saturated heterocycles. The number of nitrogens with one attached hydrogen (secondary N) is 1. The van der Waals surface area contributed by atoms with Crippen LogP contribution < -0.4 is 5.48 Å². The number of aromatic carboxylic acids is 1. The van der Waals surface area contributed by atoms with Crippen LogP contribution in [0.5, 0.6) is 0 Å². The van der Waals surface area contributed by atoms with Crippen LogP contribution >= 0.6 is 0 Å². The second-order valence-electron chi connectivity index (χ2n) is 4.78. The summed E-state index contributed by atoms with van der Waals surface area (Å²) >= 11 is 0. The van der Waals surface area contributed by atoms with Gasteiger partial charge in [-0.2, -0.15) is 0 Å². The average molecular weight is 299 g/mol. The molecule has 0 bridgehead atoms. The monoisotopic (exact) mass is 299 g/mol. The Morgan fingerprint density at radius 3 is 2.33 bits per heavy atom. The normalized spacial score (nSPS) is 32.7. The van der Waals surface area contributed by atoms with Gasteiger partial charge in [-0.25, -0.2) is 9.63 Å². The van der Waals surface area contributed by atoms with Crippen LogP contribution in [0, 0.1) is 0 Å². The van der Waals surface area contributed by atoms with Crippen molar-refractivity contribution in [2.45, 2.75) is 37.6 Å². The van der Waals surface area contributed by atoms with E-state index in [0.717, 1.165) is 0 Å². The fraction of sp³-hybridized carbons (Fsp3) is 0.462. The fourth-order valence-electron chi connectivity index (χ4n) is 1.92. The summed E-state index contributed by atoms with van der Waals surface area (Å²) in [5, 5.41) is 37.7. The van der Waals surface area contributed by atoms with Gasteiger partial charge in [0.15, 0.2) is 0 Å². The van der Waals surface area contributed by atoms with E-state index in [1.807, 2.05) is 0 Å². The second kappa shape index (κ2) is 6.37. The molecule has 8 heteroatoms. The molecule has 2 rings (SSSR count). The van der Waals surface area contributed by atoms with Gasteiger partial charge in [-0.1, -0.05) is 0 Å². The maximum Gasteiger partial charge on any atom is 0.335 e. The van der Waals surface area contributed by atoms with Crippen molar-refractivity contribution >= 4 is 11.7 Å². The van der Waals surface area contributed by atoms with Crippen molar-refractivity contribution in [1.29, 1.82) is 0 Å². The molecule has 5 atom stereocenters. The first-order chi connectivity index (χ1) is 9.90. The number of hydrogen-bond acceptors (Lipinski definition) is 7. The van der Waals surface area contributed by atoms with E-state index in [9.17, 15) is 20.1 Å². The van der Waals surface area contributed by atoms with Gasteiger partial charge in [0.1, 0.15) is 18.3 Å². The van der Waals surface area contributed by atoms with Gasteiger partial charge in [0, 0.05) is 0 Å². The molecule has 5 N–H and O–H groups in total. The topological polar surface area (TPSA) is 128 Å². The highest BCUT2D eigenvalue weighted by molar-refractivity contribution is 5.87. The molecule has 0 saturated carbocycles. The van der Waals surface area contributed by atoms with Gasteiger partial charge < -0.3 is 25.2 Å². The molecule has 1 heterocycles. The number of aliphatic hydroxyl groups is 3. The summed E-state index contributed by atoms with van der Waals surface area (Å²) in [4.78, 5) is 15.8. The Labute approximate surface area is 120 Å². The highest BCUT2D eigenvalue weighted by Gasteiger charge is 2.42. The Kier molecular flexibility index (Phi) is 4.76. The van der Waals surface area contributed by atoms with Gasteiger partial charge in [-0.05, 0) is 31.2 Å². The third kappa shape index (κ3) is 3.49. The zero-order chi connectivity index (χ0) is 15.6. The quantitative estimate of drug-likeness (QED) is 0.473. The summed E-state index contributed by atoms with van der Waals surface area (Å²) < 4.78 is 5.23. The zero-order valence-corrected chi connectivity index (χ0v) is 11.2. The highest BCUT2D eigenvalue weighted by Crippen LogP contribution is 2.22. The van der Waals surface area contributed by atoms with Crippen LogP contribution in [0.2, 0.25) is 0 Å².